The molecule has 1 N–H and O–H groups in total. The summed E-state index contributed by atoms with van der Waals surface area (Å²) in [6, 6.07) is 2.93. The Kier molecular flexibility index (Phi) is 6.54. The van der Waals surface area contributed by atoms with Crippen LogP contribution in [0.3, 0.4) is 0 Å². The number of ether oxygens (including phenoxy) is 1. The molecule has 0 aliphatic rings. The Morgan fingerprint density at radius 3 is 2.48 bits per heavy atom. The summed E-state index contributed by atoms with van der Waals surface area (Å²) in [5.41, 5.74) is 1.72. The van der Waals surface area contributed by atoms with E-state index in [4.69, 9.17) is 4.74 Å². The molecule has 1 atom stereocenters. The van der Waals surface area contributed by atoms with E-state index in [1.165, 1.54) is 13.8 Å². The molecule has 2 aromatic rings. The van der Waals surface area contributed by atoms with E-state index >= 15 is 0 Å². The predicted molar refractivity (Wildman–Crippen MR) is 97.2 cm³/mol. The Balaban J connectivity index is 2.02. The molecule has 2 rings (SSSR count). The van der Waals surface area contributed by atoms with Gasteiger partial charge in [0.15, 0.2) is 11.9 Å². The minimum absolute atomic E-state index is 0.0205. The van der Waals surface area contributed by atoms with E-state index in [0.29, 0.717) is 16.8 Å². The van der Waals surface area contributed by atoms with Gasteiger partial charge in [-0.3, -0.25) is 14.4 Å². The van der Waals surface area contributed by atoms with Crippen LogP contribution in [0.1, 0.15) is 46.0 Å². The molecule has 0 bridgehead atoms. The number of H-pyrrole nitrogens is 1. The number of esters is 1. The van der Waals surface area contributed by atoms with Crippen LogP contribution in [-0.4, -0.2) is 34.4 Å². The molecule has 0 fully saturated rings. The lowest BCUT2D eigenvalue weighted by molar-refractivity contribution is -0.143. The van der Waals surface area contributed by atoms with Crippen LogP contribution in [0.4, 0.5) is 8.78 Å². The lowest BCUT2D eigenvalue weighted by atomic mass is 10.0. The van der Waals surface area contributed by atoms with Crippen molar-refractivity contribution in [2.24, 2.45) is 0 Å². The number of aromatic amines is 1. The highest BCUT2D eigenvalue weighted by atomic mass is 32.2. The van der Waals surface area contributed by atoms with Crippen molar-refractivity contribution in [2.45, 2.75) is 38.7 Å². The summed E-state index contributed by atoms with van der Waals surface area (Å²) in [7, 11) is 0. The maximum atomic E-state index is 13.6. The number of thioether (sulfide) groups is 1. The zero-order valence-electron chi connectivity index (χ0n) is 15.3. The van der Waals surface area contributed by atoms with Crippen molar-refractivity contribution in [3.8, 4) is 0 Å². The molecule has 27 heavy (non-hydrogen) atoms. The van der Waals surface area contributed by atoms with E-state index in [1.807, 2.05) is 0 Å². The molecular formula is C19H19F2NO4S. The first-order chi connectivity index (χ1) is 12.6. The molecule has 1 aromatic carbocycles. The number of carbonyl (C=O) groups is 3. The van der Waals surface area contributed by atoms with Gasteiger partial charge < -0.3 is 9.72 Å². The quantitative estimate of drug-likeness (QED) is 0.435. The van der Waals surface area contributed by atoms with E-state index in [0.717, 1.165) is 30.0 Å². The highest BCUT2D eigenvalue weighted by Crippen LogP contribution is 2.24. The van der Waals surface area contributed by atoms with E-state index in [9.17, 15) is 23.2 Å². The number of Topliss-reactive ketones (excluding diaryl/α,β-unsaturated/α-hetero) is 2. The fraction of sp³-hybridized carbons (Fsp3) is 0.316. The first kappa shape index (κ1) is 20.8. The Bertz CT molecular complexity index is 907. The van der Waals surface area contributed by atoms with Gasteiger partial charge >= 0.3 is 5.97 Å². The monoisotopic (exact) mass is 395 g/mol. The fourth-order valence-corrected chi connectivity index (χ4v) is 3.48. The number of ketones is 2. The summed E-state index contributed by atoms with van der Waals surface area (Å²) in [6.07, 6.45) is -1.09. The van der Waals surface area contributed by atoms with Crippen molar-refractivity contribution >= 4 is 29.3 Å². The maximum absolute atomic E-state index is 13.6. The summed E-state index contributed by atoms with van der Waals surface area (Å²) >= 11 is 0.779. The fourth-order valence-electron chi connectivity index (χ4n) is 2.74. The van der Waals surface area contributed by atoms with Gasteiger partial charge in [-0.05, 0) is 51.5 Å². The van der Waals surface area contributed by atoms with E-state index < -0.39 is 29.5 Å². The molecule has 0 spiro atoms. The largest absolute Gasteiger partial charge is 0.454 e. The molecule has 0 aliphatic carbocycles. The second-order valence-electron chi connectivity index (χ2n) is 6.04. The van der Waals surface area contributed by atoms with Gasteiger partial charge in [0, 0.05) is 16.2 Å². The third-order valence-corrected chi connectivity index (χ3v) is 4.96. The molecule has 0 aliphatic heterocycles. The van der Waals surface area contributed by atoms with Gasteiger partial charge in [0.25, 0.3) is 0 Å². The number of carbonyl (C=O) groups excluding carboxylic acids is 3. The molecule has 0 saturated carbocycles. The minimum Gasteiger partial charge on any atom is -0.454 e. The van der Waals surface area contributed by atoms with Gasteiger partial charge in [0.2, 0.25) is 5.78 Å². The van der Waals surface area contributed by atoms with Gasteiger partial charge in [-0.25, -0.2) is 8.78 Å². The number of nitrogens with one attached hydrogen (secondary N) is 1. The Hall–Kier alpha value is -2.48. The zero-order valence-corrected chi connectivity index (χ0v) is 16.1. The van der Waals surface area contributed by atoms with Gasteiger partial charge in [-0.2, -0.15) is 0 Å². The van der Waals surface area contributed by atoms with Gasteiger partial charge in [0.05, 0.1) is 11.4 Å². The number of benzene rings is 1. The normalized spacial score (nSPS) is 11.9. The van der Waals surface area contributed by atoms with Gasteiger partial charge in [-0.15, -0.1) is 11.8 Å². The van der Waals surface area contributed by atoms with Crippen molar-refractivity contribution in [3.63, 3.8) is 0 Å². The molecule has 0 unspecified atom stereocenters. The summed E-state index contributed by atoms with van der Waals surface area (Å²) < 4.78 is 31.8. The summed E-state index contributed by atoms with van der Waals surface area (Å²) in [5, 5.41) is 0. The second kappa shape index (κ2) is 8.47. The standard InChI is InChI=1S/C19H19F2NO4S/c1-9-17(11(3)23)10(2)22-18(9)19(25)12(4)26-16(24)8-27-15-7-13(20)5-6-14(15)21/h5-7,12,22H,8H2,1-4H3/t12-/m0/s1. The number of aromatic nitrogens is 1. The summed E-state index contributed by atoms with van der Waals surface area (Å²) in [4.78, 5) is 39.0. The first-order valence-electron chi connectivity index (χ1n) is 8.13. The molecule has 0 saturated heterocycles. The number of rotatable bonds is 7. The predicted octanol–water partition coefficient (Wildman–Crippen LogP) is 4.02. The van der Waals surface area contributed by atoms with E-state index in [2.05, 4.69) is 4.98 Å². The average Bonchev–Trinajstić information content (AvgIpc) is 2.89. The third kappa shape index (κ3) is 4.82. The highest BCUT2D eigenvalue weighted by Gasteiger charge is 2.26. The van der Waals surface area contributed by atoms with Crippen LogP contribution in [0.15, 0.2) is 23.1 Å². The molecule has 1 aromatic heterocycles. The molecule has 0 radical (unpaired) electrons. The number of aryl methyl sites for hydroxylation is 1. The molecule has 8 heteroatoms. The second-order valence-corrected chi connectivity index (χ2v) is 7.06. The Morgan fingerprint density at radius 1 is 1.22 bits per heavy atom. The van der Waals surface area contributed by atoms with Crippen LogP contribution in [0.5, 0.6) is 0 Å². The van der Waals surface area contributed by atoms with Crippen LogP contribution in [0, 0.1) is 25.5 Å². The SMILES string of the molecule is CC(=O)c1c(C)[nH]c(C(=O)[C@H](C)OC(=O)CSc2cc(F)ccc2F)c1C. The highest BCUT2D eigenvalue weighted by molar-refractivity contribution is 8.00. The third-order valence-electron chi connectivity index (χ3n) is 3.95. The molecule has 5 nitrogen and oxygen atoms in total. The molecular weight excluding hydrogens is 376 g/mol. The topological polar surface area (TPSA) is 76.2 Å². The Labute approximate surface area is 159 Å². The number of hydrogen-bond acceptors (Lipinski definition) is 5. The van der Waals surface area contributed by atoms with Crippen LogP contribution in [-0.2, 0) is 9.53 Å². The van der Waals surface area contributed by atoms with Crippen molar-refractivity contribution in [3.05, 3.63) is 52.3 Å². The minimum atomic E-state index is -1.09. The zero-order chi connectivity index (χ0) is 20.3. The molecule has 0 amide bonds. The van der Waals surface area contributed by atoms with Crippen molar-refractivity contribution in [2.75, 3.05) is 5.75 Å². The first-order valence-corrected chi connectivity index (χ1v) is 9.12. The van der Waals surface area contributed by atoms with Crippen LogP contribution >= 0.6 is 11.8 Å². The smallest absolute Gasteiger partial charge is 0.316 e. The van der Waals surface area contributed by atoms with Crippen molar-refractivity contribution < 1.29 is 27.9 Å². The van der Waals surface area contributed by atoms with Crippen LogP contribution in [0.25, 0.3) is 0 Å². The molecule has 1 heterocycles. The Morgan fingerprint density at radius 2 is 1.89 bits per heavy atom. The van der Waals surface area contributed by atoms with Crippen LogP contribution in [0.2, 0.25) is 0 Å². The number of hydrogen-bond donors (Lipinski definition) is 1. The van der Waals surface area contributed by atoms with Gasteiger partial charge in [-0.1, -0.05) is 0 Å². The van der Waals surface area contributed by atoms with Gasteiger partial charge in [0.1, 0.15) is 11.6 Å². The average molecular weight is 395 g/mol. The van der Waals surface area contributed by atoms with Crippen molar-refractivity contribution in [1.29, 1.82) is 0 Å². The summed E-state index contributed by atoms with van der Waals surface area (Å²) in [6.45, 7) is 6.15. The summed E-state index contributed by atoms with van der Waals surface area (Å²) in [5.74, 6) is -2.92. The van der Waals surface area contributed by atoms with E-state index in [-0.39, 0.29) is 22.1 Å². The lowest BCUT2D eigenvalue weighted by Crippen LogP contribution is -2.26. The maximum Gasteiger partial charge on any atom is 0.316 e. The number of halogens is 2. The van der Waals surface area contributed by atoms with E-state index in [1.54, 1.807) is 13.8 Å². The van der Waals surface area contributed by atoms with Crippen LogP contribution < -0.4 is 0 Å². The lowest BCUT2D eigenvalue weighted by Gasteiger charge is -2.12. The molecule has 144 valence electrons. The van der Waals surface area contributed by atoms with Crippen molar-refractivity contribution in [1.82, 2.24) is 4.98 Å².